The second-order valence-corrected chi connectivity index (χ2v) is 29.4. The Morgan fingerprint density at radius 1 is 0.593 bits per heavy atom. The fourth-order valence-corrected chi connectivity index (χ4v) is 13.1. The molecule has 6 aromatic rings. The number of amides is 13. The van der Waals surface area contributed by atoms with Gasteiger partial charge in [0.1, 0.15) is 66.2 Å². The Hall–Kier alpha value is -11.3. The monoisotopic (exact) mass is 1580 g/mol. The maximum Gasteiger partial charge on any atom is 0.287 e. The molecule has 608 valence electrons. The van der Waals surface area contributed by atoms with E-state index in [0.717, 1.165) is 15.7 Å². The van der Waals surface area contributed by atoms with Gasteiger partial charge in [-0.05, 0) is 153 Å². The Balaban J connectivity index is 1.16. The van der Waals surface area contributed by atoms with Crippen molar-refractivity contribution >= 4 is 99.2 Å². The molecule has 13 amide bonds. The first-order valence-electron chi connectivity index (χ1n) is 38.0. The number of hydrogen-bond acceptors (Lipinski definition) is 18. The van der Waals surface area contributed by atoms with Crippen molar-refractivity contribution in [2.45, 2.75) is 191 Å². The van der Waals surface area contributed by atoms with E-state index in [1.54, 1.807) is 50.2 Å². The molecule has 0 spiro atoms. The molecule has 0 aliphatic carbocycles. The molecule has 32 heteroatoms. The largest absolute Gasteiger partial charge is 0.508 e. The number of carbonyl (C=O) groups excluding carboxylic acids is 13. The molecule has 0 bridgehead atoms. The second-order valence-electron chi connectivity index (χ2n) is 29.0. The van der Waals surface area contributed by atoms with E-state index < -0.39 is 150 Å². The SMILES string of the molecule is CC(=O)NC(Cc1ccc2ccccc2c1)C(=O)NC(Cc1ccc(Cl)cc1)C(=O)NC(Cc1cccnc1)C(=O)NC(CO)C(=O)N(C)C(Cc1ccc(O)cc1)C(=O)NC(CCCCNC(=O)CNC(=O)c1ccco1)C(=O)NC(CC(C)C)C(=O)NC(CCCCNC(C)C)C(=O)N1CCCC1C(=O)NC(C)C(N)=O. The standard InChI is InChI=1S/C81H106ClN15O16/c1-48(2)39-62(73(104)91-61(21-11-12-35-85-49(3)4)81(112)97-37-15-22-67(97)77(108)88-50(5)71(83)102)92-72(103)60(20-10-13-36-86-70(101)46-87-79(110)69-23-16-38-113-69)90-78(109)68(44-53-27-32-59(100)33-28-53)96(7)80(111)66(47-98)95-76(107)65(43-55-17-14-34-84-45-55)94-75(106)64(41-52-25-30-58(82)31-26-52)93-74(105)63(89-51(6)99)42-54-24-29-56-18-8-9-19-57(56)40-54/h8-9,14,16-19,23-34,38,40,45,48-50,60-68,85,98,100H,10-13,15,20-22,35-37,39,41-44,46-47H2,1-7H3,(H2,83,102)(H,86,101)(H,87,110)(H,88,108)(H,89,99)(H,90,109)(H,91,104)(H,92,103)(H,93,105)(H,94,106)(H,95,107). The Bertz CT molecular complexity index is 4210. The molecule has 113 heavy (non-hydrogen) atoms. The molecule has 1 aliphatic rings. The van der Waals surface area contributed by atoms with Gasteiger partial charge in [-0.2, -0.15) is 0 Å². The zero-order valence-electron chi connectivity index (χ0n) is 64.8. The fraction of sp³-hybridized carbons (Fsp3) is 0.457. The number of aromatic hydroxyl groups is 1. The highest BCUT2D eigenvalue weighted by molar-refractivity contribution is 6.30. The lowest BCUT2D eigenvalue weighted by Gasteiger charge is -2.33. The molecule has 7 rings (SSSR count). The van der Waals surface area contributed by atoms with E-state index in [1.165, 1.54) is 80.9 Å². The lowest BCUT2D eigenvalue weighted by atomic mass is 9.99. The van der Waals surface area contributed by atoms with Crippen molar-refractivity contribution in [1.82, 2.24) is 73.3 Å². The maximum absolute atomic E-state index is 15.4. The number of nitrogens with one attached hydrogen (secondary N) is 11. The molecular formula is C81H106ClN15O16. The van der Waals surface area contributed by atoms with Crippen molar-refractivity contribution < 1.29 is 77.0 Å². The molecule has 0 saturated carbocycles. The van der Waals surface area contributed by atoms with Crippen LogP contribution >= 0.6 is 11.6 Å². The summed E-state index contributed by atoms with van der Waals surface area (Å²) in [6.45, 7) is 9.54. The number of phenolic OH excluding ortho intramolecular Hbond substituents is 1. The number of rotatable bonds is 44. The number of furan rings is 1. The number of nitrogens with two attached hydrogens (primary N) is 1. The summed E-state index contributed by atoms with van der Waals surface area (Å²) < 4.78 is 5.10. The van der Waals surface area contributed by atoms with Crippen molar-refractivity contribution in [1.29, 1.82) is 0 Å². The third kappa shape index (κ3) is 28.8. The van der Waals surface area contributed by atoms with Crippen LogP contribution in [0.5, 0.6) is 5.75 Å². The molecular weight excluding hydrogens is 1470 g/mol. The highest BCUT2D eigenvalue weighted by atomic mass is 35.5. The van der Waals surface area contributed by atoms with E-state index >= 15 is 14.4 Å². The van der Waals surface area contributed by atoms with Crippen LogP contribution in [0.2, 0.25) is 5.02 Å². The van der Waals surface area contributed by atoms with Crippen molar-refractivity contribution in [3.63, 3.8) is 0 Å². The molecule has 31 nitrogen and oxygen atoms in total. The first-order valence-corrected chi connectivity index (χ1v) is 38.4. The van der Waals surface area contributed by atoms with Gasteiger partial charge in [0.15, 0.2) is 5.76 Å². The molecule has 2 aromatic heterocycles. The summed E-state index contributed by atoms with van der Waals surface area (Å²) >= 11 is 6.26. The van der Waals surface area contributed by atoms with Crippen LogP contribution in [0.3, 0.4) is 0 Å². The van der Waals surface area contributed by atoms with E-state index in [9.17, 15) is 58.2 Å². The topological polar surface area (TPSA) is 453 Å². The Kier molecular flexibility index (Phi) is 35.1. The molecule has 15 N–H and O–H groups in total. The van der Waals surface area contributed by atoms with E-state index in [1.807, 2.05) is 56.3 Å². The number of likely N-dealkylation sites (N-methyl/N-ethyl adjacent to an activating group) is 1. The fourth-order valence-electron chi connectivity index (χ4n) is 13.0. The molecule has 10 atom stereocenters. The van der Waals surface area contributed by atoms with E-state index in [0.29, 0.717) is 53.1 Å². The summed E-state index contributed by atoms with van der Waals surface area (Å²) in [4.78, 5) is 190. The second kappa shape index (κ2) is 44.7. The Labute approximate surface area is 661 Å². The molecule has 1 saturated heterocycles. The van der Waals surface area contributed by atoms with Crippen LogP contribution in [0.4, 0.5) is 0 Å². The van der Waals surface area contributed by atoms with Crippen molar-refractivity contribution in [2.75, 3.05) is 39.8 Å². The molecule has 1 fully saturated rings. The van der Waals surface area contributed by atoms with Gasteiger partial charge in [-0.3, -0.25) is 67.3 Å². The maximum atomic E-state index is 15.4. The van der Waals surface area contributed by atoms with E-state index in [4.69, 9.17) is 21.8 Å². The quantitative estimate of drug-likeness (QED) is 0.0244. The van der Waals surface area contributed by atoms with Crippen LogP contribution in [0.15, 0.2) is 138 Å². The van der Waals surface area contributed by atoms with Crippen LogP contribution in [-0.4, -0.2) is 208 Å². The zero-order valence-corrected chi connectivity index (χ0v) is 65.5. The normalized spacial score (nSPS) is 15.0. The number of likely N-dealkylation sites (tertiary alicyclic amines) is 1. The van der Waals surface area contributed by atoms with E-state index in [-0.39, 0.29) is 101 Å². The first-order chi connectivity index (χ1) is 54.0. The summed E-state index contributed by atoms with van der Waals surface area (Å²) in [5, 5.41) is 54.1. The van der Waals surface area contributed by atoms with Gasteiger partial charge in [0, 0.05) is 76.2 Å². The number of aliphatic hydroxyl groups is 1. The molecule has 0 radical (unpaired) electrons. The van der Waals surface area contributed by atoms with Gasteiger partial charge in [-0.1, -0.05) is 112 Å². The van der Waals surface area contributed by atoms with Crippen LogP contribution in [0, 0.1) is 5.92 Å². The zero-order chi connectivity index (χ0) is 82.3. The van der Waals surface area contributed by atoms with Gasteiger partial charge < -0.3 is 88.6 Å². The molecule has 4 aromatic carbocycles. The molecule has 10 unspecified atom stereocenters. The number of aromatic nitrogens is 1. The van der Waals surface area contributed by atoms with Crippen molar-refractivity contribution in [2.24, 2.45) is 11.7 Å². The number of fused-ring (bicyclic) bond motifs is 1. The number of pyridine rings is 1. The predicted octanol–water partition coefficient (Wildman–Crippen LogP) is 2.60. The highest BCUT2D eigenvalue weighted by Crippen LogP contribution is 2.23. The minimum Gasteiger partial charge on any atom is -0.508 e. The number of nitrogens with zero attached hydrogens (tertiary/aromatic N) is 3. The number of phenols is 1. The summed E-state index contributed by atoms with van der Waals surface area (Å²) in [7, 11) is 1.23. The Morgan fingerprint density at radius 3 is 1.78 bits per heavy atom. The van der Waals surface area contributed by atoms with Gasteiger partial charge >= 0.3 is 0 Å². The summed E-state index contributed by atoms with van der Waals surface area (Å²) in [6.07, 6.45) is 5.58. The predicted molar refractivity (Wildman–Crippen MR) is 421 cm³/mol. The Morgan fingerprint density at radius 2 is 1.16 bits per heavy atom. The van der Waals surface area contributed by atoms with Crippen molar-refractivity contribution in [3.8, 4) is 5.75 Å². The molecule has 3 heterocycles. The number of carbonyl (C=O) groups is 13. The summed E-state index contributed by atoms with van der Waals surface area (Å²) in [5.41, 5.74) is 7.52. The van der Waals surface area contributed by atoms with Crippen LogP contribution in [0.1, 0.15) is 132 Å². The van der Waals surface area contributed by atoms with E-state index in [2.05, 4.69) is 63.5 Å². The van der Waals surface area contributed by atoms with Gasteiger partial charge in [0.2, 0.25) is 70.9 Å². The highest BCUT2D eigenvalue weighted by Gasteiger charge is 2.41. The lowest BCUT2D eigenvalue weighted by Crippen LogP contribution is -2.62. The number of aliphatic hydroxyl groups excluding tert-OH is 1. The third-order valence-electron chi connectivity index (χ3n) is 19.1. The van der Waals surface area contributed by atoms with Gasteiger partial charge in [0.25, 0.3) is 5.91 Å². The first kappa shape index (κ1) is 88.9. The van der Waals surface area contributed by atoms with Crippen LogP contribution < -0.4 is 64.2 Å². The average Bonchev–Trinajstić information content (AvgIpc) is 1.82. The third-order valence-corrected chi connectivity index (χ3v) is 19.3. The van der Waals surface area contributed by atoms with Gasteiger partial charge in [0.05, 0.1) is 19.4 Å². The van der Waals surface area contributed by atoms with Gasteiger partial charge in [-0.25, -0.2) is 0 Å². The summed E-state index contributed by atoms with van der Waals surface area (Å²) in [6, 6.07) is 17.9. The van der Waals surface area contributed by atoms with Crippen molar-refractivity contribution in [3.05, 3.63) is 167 Å². The number of halogens is 1. The number of unbranched alkanes of at least 4 members (excludes halogenated alkanes) is 2. The average molecular weight is 1580 g/mol. The minimum absolute atomic E-state index is 0.00961. The summed E-state index contributed by atoms with van der Waals surface area (Å²) in [5.74, 6) is -10.3. The number of primary amides is 1. The lowest BCUT2D eigenvalue weighted by molar-refractivity contribution is -0.144. The van der Waals surface area contributed by atoms with Gasteiger partial charge in [-0.15, -0.1) is 0 Å². The van der Waals surface area contributed by atoms with Crippen LogP contribution in [0.25, 0.3) is 10.8 Å². The minimum atomic E-state index is -1.84. The van der Waals surface area contributed by atoms with Crippen LogP contribution in [-0.2, 0) is 83.2 Å². The smallest absolute Gasteiger partial charge is 0.287 e. The molecule has 1 aliphatic heterocycles. The number of benzene rings is 4. The number of hydrogen-bond donors (Lipinski definition) is 14.